The number of likely N-dealkylation sites (N-methyl/N-ethyl adjacent to an activating group) is 1. The molecule has 2 aliphatic rings. The summed E-state index contributed by atoms with van der Waals surface area (Å²) in [6.45, 7) is 12.8. The van der Waals surface area contributed by atoms with E-state index in [4.69, 9.17) is 4.74 Å². The minimum atomic E-state index is -1.20. The molecule has 1 unspecified atom stereocenters. The van der Waals surface area contributed by atoms with Gasteiger partial charge in [0.2, 0.25) is 29.4 Å². The fourth-order valence-electron chi connectivity index (χ4n) is 7.57. The molecule has 4 N–H and O–H groups in total. The maximum atomic E-state index is 14.6. The van der Waals surface area contributed by atoms with Crippen LogP contribution in [0, 0.1) is 17.3 Å². The van der Waals surface area contributed by atoms with Crippen molar-refractivity contribution in [3.8, 4) is 0 Å². The van der Waals surface area contributed by atoms with Crippen LogP contribution in [0.3, 0.4) is 0 Å². The fourth-order valence-corrected chi connectivity index (χ4v) is 7.57. The molecule has 0 aromatic heterocycles. The highest BCUT2D eigenvalue weighted by atomic mass is 16.6. The molecule has 2 heterocycles. The highest BCUT2D eigenvalue weighted by molar-refractivity contribution is 6.38. The number of benzene rings is 1. The Bertz CT molecular complexity index is 1540. The lowest BCUT2D eigenvalue weighted by Crippen LogP contribution is -2.61. The van der Waals surface area contributed by atoms with Crippen molar-refractivity contribution in [2.75, 3.05) is 27.2 Å². The Labute approximate surface area is 333 Å². The number of amides is 6. The van der Waals surface area contributed by atoms with Gasteiger partial charge in [0.25, 0.3) is 5.91 Å². The summed E-state index contributed by atoms with van der Waals surface area (Å²) in [6.07, 6.45) is 6.70. The van der Waals surface area contributed by atoms with Gasteiger partial charge in [0.05, 0.1) is 12.6 Å². The maximum Gasteiger partial charge on any atom is 0.408 e. The van der Waals surface area contributed by atoms with Crippen molar-refractivity contribution in [3.63, 3.8) is 0 Å². The van der Waals surface area contributed by atoms with Crippen molar-refractivity contribution in [2.45, 2.75) is 142 Å². The predicted octanol–water partition coefficient (Wildman–Crippen LogP) is 4.42. The smallest absolute Gasteiger partial charge is 0.408 e. The minimum Gasteiger partial charge on any atom is -0.444 e. The first-order chi connectivity index (χ1) is 26.2. The molecule has 2 fully saturated rings. The van der Waals surface area contributed by atoms with E-state index in [-0.39, 0.29) is 30.7 Å². The van der Waals surface area contributed by atoms with Crippen molar-refractivity contribution < 1.29 is 38.3 Å². The average molecular weight is 783 g/mol. The summed E-state index contributed by atoms with van der Waals surface area (Å²) in [7, 11) is 3.14. The number of ether oxygens (including phenoxy) is 1. The second-order valence-electron chi connectivity index (χ2n) is 17.5. The summed E-state index contributed by atoms with van der Waals surface area (Å²) in [6, 6.07) is 4.54. The van der Waals surface area contributed by atoms with Crippen LogP contribution >= 0.6 is 0 Å². The number of hydrogen-bond donors (Lipinski definition) is 4. The number of nitrogens with zero attached hydrogens (tertiary/aromatic N) is 2. The molecule has 56 heavy (non-hydrogen) atoms. The molecule has 1 aromatic carbocycles. The van der Waals surface area contributed by atoms with Gasteiger partial charge in [0.15, 0.2) is 0 Å². The molecular weight excluding hydrogens is 716 g/mol. The molecule has 312 valence electrons. The Morgan fingerprint density at radius 1 is 0.929 bits per heavy atom. The third-order valence-corrected chi connectivity index (χ3v) is 10.7. The Kier molecular flexibility index (Phi) is 16.9. The lowest BCUT2D eigenvalue weighted by atomic mass is 9.78. The summed E-state index contributed by atoms with van der Waals surface area (Å²) >= 11 is 0. The number of hydrogen-bond acceptors (Lipinski definition) is 8. The number of ketones is 1. The van der Waals surface area contributed by atoms with Crippen molar-refractivity contribution in [1.82, 2.24) is 31.1 Å². The number of fused-ring (bicyclic) bond motifs is 1. The van der Waals surface area contributed by atoms with Crippen molar-refractivity contribution in [3.05, 3.63) is 35.9 Å². The van der Waals surface area contributed by atoms with Gasteiger partial charge in [-0.1, -0.05) is 103 Å². The third-order valence-electron chi connectivity index (χ3n) is 10.7. The number of rotatable bonds is 9. The molecule has 0 bridgehead atoms. The number of nitrogens with one attached hydrogen (secondary N) is 4. The van der Waals surface area contributed by atoms with Gasteiger partial charge in [-0.3, -0.25) is 28.8 Å². The monoisotopic (exact) mass is 782 g/mol. The molecule has 3 rings (SSSR count). The average Bonchev–Trinajstić information content (AvgIpc) is 3.58. The van der Waals surface area contributed by atoms with Crippen molar-refractivity contribution >= 4 is 41.4 Å². The number of carbonyl (C=O) groups excluding carboxylic acids is 7. The van der Waals surface area contributed by atoms with E-state index in [1.807, 2.05) is 27.7 Å². The molecule has 1 aromatic rings. The number of carbonyl (C=O) groups is 7. The predicted molar refractivity (Wildman–Crippen MR) is 213 cm³/mol. The van der Waals surface area contributed by atoms with Gasteiger partial charge >= 0.3 is 6.09 Å². The van der Waals surface area contributed by atoms with E-state index in [9.17, 15) is 33.6 Å². The third kappa shape index (κ3) is 13.3. The first-order valence-corrected chi connectivity index (χ1v) is 20.2. The molecule has 2 saturated heterocycles. The molecule has 5 atom stereocenters. The quantitative estimate of drug-likeness (QED) is 0.266. The highest BCUT2D eigenvalue weighted by Gasteiger charge is 2.48. The second kappa shape index (κ2) is 20.6. The summed E-state index contributed by atoms with van der Waals surface area (Å²) in [5, 5.41) is 10.7. The molecular formula is C42H66N6O8. The van der Waals surface area contributed by atoms with Gasteiger partial charge in [-0.2, -0.15) is 0 Å². The van der Waals surface area contributed by atoms with Crippen LogP contribution in [0.2, 0.25) is 0 Å². The van der Waals surface area contributed by atoms with Crippen LogP contribution in [0.4, 0.5) is 4.79 Å². The Hall–Kier alpha value is -4.49. The van der Waals surface area contributed by atoms with Gasteiger partial charge < -0.3 is 35.8 Å². The van der Waals surface area contributed by atoms with Gasteiger partial charge in [0, 0.05) is 20.6 Å². The van der Waals surface area contributed by atoms with E-state index in [0.717, 1.165) is 38.5 Å². The molecule has 2 aliphatic heterocycles. The van der Waals surface area contributed by atoms with Crippen LogP contribution < -0.4 is 21.3 Å². The summed E-state index contributed by atoms with van der Waals surface area (Å²) in [4.78, 5) is 98.0. The zero-order chi connectivity index (χ0) is 41.8. The van der Waals surface area contributed by atoms with Crippen molar-refractivity contribution in [2.24, 2.45) is 17.3 Å². The molecule has 0 saturated carbocycles. The largest absolute Gasteiger partial charge is 0.444 e. The Morgan fingerprint density at radius 2 is 1.54 bits per heavy atom. The molecule has 14 heteroatoms. The van der Waals surface area contributed by atoms with Crippen LogP contribution in [-0.2, 0) is 33.5 Å². The van der Waals surface area contributed by atoms with Crippen LogP contribution in [0.15, 0.2) is 30.3 Å². The molecule has 6 amide bonds. The standard InChI is InChI=1S/C42H66N6O8/c1-27(2)29-23-25-48-33(29)36(51)44-30(34(50)37(52)43-26-31(49)45-32(38(53)47(8)9)28-20-16-15-17-21-28)22-18-13-11-10-12-14-19-24-42(6,7)35(39(48)54)46-40(55)56-41(3,4)5/h15-17,20-21,27,29-30,32-33,35H,10-14,18-19,22-26H2,1-9H3,(H,43,52)(H,44,51)(H,45,49)(H,46,55)/t29-,30+,32?,33+,35-/m1/s1. The Balaban J connectivity index is 1.86. The van der Waals surface area contributed by atoms with Gasteiger partial charge in [-0.25, -0.2) is 4.79 Å². The number of alkyl carbamates (subject to hydrolysis) is 1. The lowest BCUT2D eigenvalue weighted by Gasteiger charge is -2.39. The lowest BCUT2D eigenvalue weighted by molar-refractivity contribution is -0.145. The second-order valence-corrected chi connectivity index (χ2v) is 17.5. The van der Waals surface area contributed by atoms with Gasteiger partial charge in [0.1, 0.15) is 23.7 Å². The van der Waals surface area contributed by atoms with Crippen LogP contribution in [-0.4, -0.2) is 102 Å². The molecule has 0 spiro atoms. The normalized spacial score (nSPS) is 23.1. The molecule has 14 nitrogen and oxygen atoms in total. The maximum absolute atomic E-state index is 14.6. The number of Topliss-reactive ketones (excluding diaryl/α,β-unsaturated/α-hetero) is 1. The van der Waals surface area contributed by atoms with Crippen LogP contribution in [0.1, 0.15) is 124 Å². The van der Waals surface area contributed by atoms with Crippen LogP contribution in [0.25, 0.3) is 0 Å². The summed E-state index contributed by atoms with van der Waals surface area (Å²) in [5.74, 6) is -4.20. The van der Waals surface area contributed by atoms with E-state index in [2.05, 4.69) is 21.3 Å². The van der Waals surface area contributed by atoms with E-state index in [0.29, 0.717) is 24.8 Å². The van der Waals surface area contributed by atoms with E-state index in [1.165, 1.54) is 9.80 Å². The zero-order valence-corrected chi connectivity index (χ0v) is 35.0. The van der Waals surface area contributed by atoms with Crippen LogP contribution in [0.5, 0.6) is 0 Å². The first-order valence-electron chi connectivity index (χ1n) is 20.2. The van der Waals surface area contributed by atoms with Gasteiger partial charge in [-0.05, 0) is 62.8 Å². The molecule has 0 aliphatic carbocycles. The summed E-state index contributed by atoms with van der Waals surface area (Å²) < 4.78 is 5.57. The topological polar surface area (TPSA) is 183 Å². The van der Waals surface area contributed by atoms with E-state index in [1.54, 1.807) is 65.2 Å². The van der Waals surface area contributed by atoms with Gasteiger partial charge in [-0.15, -0.1) is 0 Å². The molecule has 0 radical (unpaired) electrons. The first kappa shape index (κ1) is 45.9. The fraction of sp³-hybridized carbons (Fsp3) is 0.690. The van der Waals surface area contributed by atoms with E-state index >= 15 is 0 Å². The zero-order valence-electron chi connectivity index (χ0n) is 35.0. The minimum absolute atomic E-state index is 0.00187. The summed E-state index contributed by atoms with van der Waals surface area (Å²) in [5.41, 5.74) is -0.913. The SMILES string of the molecule is CC(C)[C@H]1CCN2C(=O)[C@@H](NC(=O)OC(C)(C)C)C(C)(C)CCCCCCCCC[C@@H](C(=O)C(=O)NCC(=O)NC(C(=O)N(C)C)c3ccccc3)NC(=O)[C@H]12. The Morgan fingerprint density at radius 3 is 2.12 bits per heavy atom. The van der Waals surface area contributed by atoms with Crippen molar-refractivity contribution in [1.29, 1.82) is 0 Å². The highest BCUT2D eigenvalue weighted by Crippen LogP contribution is 2.36. The van der Waals surface area contributed by atoms with E-state index < -0.39 is 77.2 Å².